The first-order chi connectivity index (χ1) is 9.33. The fraction of sp³-hybridized carbons (Fsp3) is 0.455. The van der Waals surface area contributed by atoms with Crippen LogP contribution in [0.15, 0.2) is 23.1 Å². The maximum Gasteiger partial charge on any atom is 0.263 e. The van der Waals surface area contributed by atoms with Gasteiger partial charge in [0.1, 0.15) is 11.1 Å². The summed E-state index contributed by atoms with van der Waals surface area (Å²) in [5.41, 5.74) is 0.335. The first-order valence-electron chi connectivity index (χ1n) is 5.66. The number of hydrogen-bond donors (Lipinski definition) is 3. The van der Waals surface area contributed by atoms with E-state index in [2.05, 4.69) is 0 Å². The van der Waals surface area contributed by atoms with E-state index in [1.165, 1.54) is 23.1 Å². The van der Waals surface area contributed by atoms with Crippen LogP contribution < -0.4 is 4.89 Å². The van der Waals surface area contributed by atoms with E-state index in [9.17, 15) is 13.5 Å². The highest BCUT2D eigenvalue weighted by molar-refractivity contribution is 7.89. The van der Waals surface area contributed by atoms with Gasteiger partial charge in [0.25, 0.3) is 10.0 Å². The Kier molecular flexibility index (Phi) is 6.34. The van der Waals surface area contributed by atoms with Gasteiger partial charge < -0.3 is 15.1 Å². The molecule has 3 N–H and O–H groups in total. The van der Waals surface area contributed by atoms with Crippen LogP contribution in [0.2, 0.25) is 5.02 Å². The molecule has 0 spiro atoms. The van der Waals surface area contributed by atoms with E-state index in [1.807, 2.05) is 0 Å². The number of methoxy groups -OCH3 is 1. The zero-order valence-electron chi connectivity index (χ0n) is 11.1. The fourth-order valence-electron chi connectivity index (χ4n) is 1.55. The molecular weight excluding hydrogens is 308 g/mol. The first kappa shape index (κ1) is 17.3. The van der Waals surface area contributed by atoms with Crippen LogP contribution >= 0.6 is 11.6 Å². The number of aliphatic hydroxyl groups excluding tert-OH is 1. The van der Waals surface area contributed by atoms with E-state index < -0.39 is 16.3 Å². The number of ether oxygens (including phenoxy) is 1. The summed E-state index contributed by atoms with van der Waals surface area (Å²) in [5, 5.41) is 18.7. The van der Waals surface area contributed by atoms with Crippen molar-refractivity contribution in [1.29, 1.82) is 0 Å². The van der Waals surface area contributed by atoms with Gasteiger partial charge in [-0.15, -0.1) is 0 Å². The molecule has 1 unspecified atom stereocenters. The molecule has 20 heavy (non-hydrogen) atoms. The molecule has 0 aliphatic heterocycles. The lowest BCUT2D eigenvalue weighted by Gasteiger charge is -2.23. The predicted octanol–water partition coefficient (Wildman–Crippen LogP) is 0.577. The minimum atomic E-state index is -4.11. The number of halogens is 1. The van der Waals surface area contributed by atoms with E-state index in [0.29, 0.717) is 18.7 Å². The second-order valence-electron chi connectivity index (χ2n) is 4.13. The van der Waals surface area contributed by atoms with Gasteiger partial charge in [-0.05, 0) is 24.7 Å². The highest BCUT2D eigenvalue weighted by Gasteiger charge is 2.21. The number of aliphatic hydroxyl groups is 1. The first-order valence-corrected chi connectivity index (χ1v) is 7.52. The Morgan fingerprint density at radius 3 is 2.70 bits per heavy atom. The summed E-state index contributed by atoms with van der Waals surface area (Å²) in [6.45, 7) is 0.880. The molecule has 0 fully saturated rings. The van der Waals surface area contributed by atoms with Crippen LogP contribution in [-0.2, 0) is 14.8 Å². The monoisotopic (exact) mass is 324 g/mol. The van der Waals surface area contributed by atoms with Crippen molar-refractivity contribution in [2.75, 3.05) is 27.3 Å². The van der Waals surface area contributed by atoms with Gasteiger partial charge in [-0.1, -0.05) is 22.6 Å². The van der Waals surface area contributed by atoms with Crippen molar-refractivity contribution in [3.05, 3.63) is 28.8 Å². The van der Waals surface area contributed by atoms with E-state index in [4.69, 9.17) is 21.5 Å². The third-order valence-corrected chi connectivity index (χ3v) is 4.33. The van der Waals surface area contributed by atoms with Crippen molar-refractivity contribution in [2.45, 2.75) is 11.1 Å². The highest BCUT2D eigenvalue weighted by atomic mass is 35.5. The van der Waals surface area contributed by atoms with Gasteiger partial charge >= 0.3 is 0 Å². The second kappa shape index (κ2) is 7.32. The molecule has 1 aromatic carbocycles. The lowest BCUT2D eigenvalue weighted by atomic mass is 10.2. The summed E-state index contributed by atoms with van der Waals surface area (Å²) in [5.74, 6) is 0. The third-order valence-electron chi connectivity index (χ3n) is 2.73. The van der Waals surface area contributed by atoms with Crippen LogP contribution in [-0.4, -0.2) is 50.9 Å². The molecule has 0 saturated heterocycles. The predicted molar refractivity (Wildman–Crippen MR) is 73.0 cm³/mol. The molecule has 1 atom stereocenters. The normalized spacial score (nSPS) is 13.7. The molecule has 0 saturated carbocycles. The van der Waals surface area contributed by atoms with Gasteiger partial charge in [0, 0.05) is 13.7 Å². The minimum Gasteiger partial charge on any atom is -0.383 e. The molecule has 1 aromatic rings. The van der Waals surface area contributed by atoms with Crippen molar-refractivity contribution in [3.8, 4) is 0 Å². The number of hydrogen-bond acceptors (Lipinski definition) is 6. The van der Waals surface area contributed by atoms with Gasteiger partial charge in [0.2, 0.25) is 0 Å². The van der Waals surface area contributed by atoms with E-state index in [0.717, 1.165) is 0 Å². The average Bonchev–Trinajstić information content (AvgIpc) is 2.44. The molecule has 0 radical (unpaired) electrons. The summed E-state index contributed by atoms with van der Waals surface area (Å²) in [6, 6.07) is 4.05. The van der Waals surface area contributed by atoms with Crippen molar-refractivity contribution in [3.63, 3.8) is 0 Å². The number of nitrogens with one attached hydrogen (secondary N) is 1. The molecule has 1 rings (SSSR count). The van der Waals surface area contributed by atoms with Crippen LogP contribution in [0.3, 0.4) is 0 Å². The molecule has 114 valence electrons. The Hall–Kier alpha value is -0.740. The van der Waals surface area contributed by atoms with Crippen molar-refractivity contribution in [1.82, 2.24) is 9.79 Å². The quantitative estimate of drug-likeness (QED) is 0.501. The van der Waals surface area contributed by atoms with Crippen LogP contribution in [0.4, 0.5) is 0 Å². The minimum absolute atomic E-state index is 0.0537. The molecule has 0 aromatic heterocycles. The largest absolute Gasteiger partial charge is 0.383 e. The smallest absolute Gasteiger partial charge is 0.263 e. The van der Waals surface area contributed by atoms with Gasteiger partial charge in [0.15, 0.2) is 0 Å². The number of rotatable bonds is 7. The van der Waals surface area contributed by atoms with E-state index >= 15 is 0 Å². The van der Waals surface area contributed by atoms with Crippen molar-refractivity contribution in [2.24, 2.45) is 0 Å². The van der Waals surface area contributed by atoms with Gasteiger partial charge in [0.05, 0.1) is 11.6 Å². The Morgan fingerprint density at radius 1 is 1.50 bits per heavy atom. The summed E-state index contributed by atoms with van der Waals surface area (Å²) in [7, 11) is -0.903. The molecule has 0 aliphatic rings. The molecule has 0 heterocycles. The zero-order chi connectivity index (χ0) is 15.3. The van der Waals surface area contributed by atoms with Crippen LogP contribution in [0.25, 0.3) is 0 Å². The zero-order valence-corrected chi connectivity index (χ0v) is 12.6. The summed E-state index contributed by atoms with van der Waals surface area (Å²) >= 11 is 5.78. The summed E-state index contributed by atoms with van der Waals surface area (Å²) < 4.78 is 28.1. The lowest BCUT2D eigenvalue weighted by Crippen LogP contribution is -2.28. The van der Waals surface area contributed by atoms with Crippen molar-refractivity contribution < 1.29 is 23.5 Å². The van der Waals surface area contributed by atoms with Crippen molar-refractivity contribution >= 4 is 21.6 Å². The van der Waals surface area contributed by atoms with E-state index in [-0.39, 0.29) is 9.92 Å². The highest BCUT2D eigenvalue weighted by Crippen LogP contribution is 2.26. The maximum atomic E-state index is 11.6. The number of likely N-dealkylation sites (N-methyl/N-ethyl adjacent to an activating group) is 1. The summed E-state index contributed by atoms with van der Waals surface area (Å²) in [4.78, 5) is 2.47. The molecule has 0 aliphatic carbocycles. The second-order valence-corrected chi connectivity index (χ2v) is 6.17. The molecule has 9 heteroatoms. The molecule has 7 nitrogen and oxygen atoms in total. The lowest BCUT2D eigenvalue weighted by molar-refractivity contribution is 0.00615. The van der Waals surface area contributed by atoms with Crippen LogP contribution in [0.5, 0.6) is 0 Å². The van der Waals surface area contributed by atoms with Gasteiger partial charge in [-0.3, -0.25) is 4.90 Å². The standard InChI is InChI=1S/C11H17ClN2O5S/c1-14(5-6-19-2)11(15)8-3-4-9(12)10(7-8)20(17,18)13-16/h3-4,7,11,13,15-16H,5-6H2,1-2H3. The molecular formula is C11H17ClN2O5S. The topological polar surface area (TPSA) is 99.1 Å². The van der Waals surface area contributed by atoms with Crippen LogP contribution in [0.1, 0.15) is 11.8 Å². The van der Waals surface area contributed by atoms with Gasteiger partial charge in [-0.25, -0.2) is 8.42 Å². The Bertz CT molecular complexity index is 552. The summed E-state index contributed by atoms with van der Waals surface area (Å²) in [6.07, 6.45) is -1.02. The number of benzene rings is 1. The molecule has 0 amide bonds. The Morgan fingerprint density at radius 2 is 2.15 bits per heavy atom. The maximum absolute atomic E-state index is 11.6. The SMILES string of the molecule is COCCN(C)C(O)c1ccc(Cl)c(S(=O)(=O)NO)c1. The van der Waals surface area contributed by atoms with Crippen LogP contribution in [0, 0.1) is 0 Å². The number of sulfonamides is 1. The van der Waals surface area contributed by atoms with E-state index in [1.54, 1.807) is 19.1 Å². The fourth-order valence-corrected chi connectivity index (χ4v) is 2.68. The number of nitrogens with zero attached hydrogens (tertiary/aromatic N) is 1. The van der Waals surface area contributed by atoms with Gasteiger partial charge in [-0.2, -0.15) is 0 Å². The third kappa shape index (κ3) is 4.13. The Balaban J connectivity index is 3.06. The Labute approximate surface area is 122 Å². The molecule has 0 bridgehead atoms. The average molecular weight is 325 g/mol.